The number of rotatable bonds is 8. The molecule has 1 amide bonds. The van der Waals surface area contributed by atoms with Crippen LogP contribution in [0.25, 0.3) is 0 Å². The normalized spacial score (nSPS) is 10.8. The lowest BCUT2D eigenvalue weighted by molar-refractivity contribution is -0.116. The number of aromatic amines is 1. The fraction of sp³-hybridized carbons (Fsp3) is 0.381. The highest BCUT2D eigenvalue weighted by Crippen LogP contribution is 2.19. The number of hydrogen-bond donors (Lipinski definition) is 2. The van der Waals surface area contributed by atoms with Crippen LogP contribution in [0.2, 0.25) is 0 Å². The number of nitrogens with one attached hydrogen (secondary N) is 2. The summed E-state index contributed by atoms with van der Waals surface area (Å²) >= 11 is 0. The van der Waals surface area contributed by atoms with Gasteiger partial charge in [-0.15, -0.1) is 0 Å². The first-order chi connectivity index (χ1) is 13.2. The van der Waals surface area contributed by atoms with E-state index in [0.717, 1.165) is 5.56 Å². The Balaban J connectivity index is 1.99. The number of benzene rings is 1. The van der Waals surface area contributed by atoms with Crippen molar-refractivity contribution in [3.05, 3.63) is 52.3 Å². The fourth-order valence-corrected chi connectivity index (χ4v) is 3.04. The van der Waals surface area contributed by atoms with E-state index in [-0.39, 0.29) is 31.4 Å². The van der Waals surface area contributed by atoms with E-state index in [1.165, 1.54) is 0 Å². The van der Waals surface area contributed by atoms with Crippen LogP contribution < -0.4 is 5.32 Å². The molecule has 7 nitrogen and oxygen atoms in total. The molecule has 28 heavy (non-hydrogen) atoms. The van der Waals surface area contributed by atoms with Crippen molar-refractivity contribution in [3.63, 3.8) is 0 Å². The van der Waals surface area contributed by atoms with E-state index >= 15 is 0 Å². The zero-order valence-corrected chi connectivity index (χ0v) is 17.0. The van der Waals surface area contributed by atoms with Gasteiger partial charge in [0.05, 0.1) is 19.7 Å². The second-order valence-electron chi connectivity index (χ2n) is 6.86. The summed E-state index contributed by atoms with van der Waals surface area (Å²) in [4.78, 5) is 41.5. The minimum absolute atomic E-state index is 0.0586. The van der Waals surface area contributed by atoms with Crippen LogP contribution in [0.4, 0.5) is 5.69 Å². The molecule has 0 fully saturated rings. The van der Waals surface area contributed by atoms with Crippen LogP contribution in [0.3, 0.4) is 0 Å². The maximum atomic E-state index is 12.7. The van der Waals surface area contributed by atoms with Gasteiger partial charge >= 0.3 is 5.97 Å². The highest BCUT2D eigenvalue weighted by atomic mass is 16.5. The van der Waals surface area contributed by atoms with E-state index in [1.807, 2.05) is 31.2 Å². The number of esters is 1. The van der Waals surface area contributed by atoms with Crippen LogP contribution in [0, 0.1) is 20.8 Å². The van der Waals surface area contributed by atoms with Gasteiger partial charge in [0, 0.05) is 16.9 Å². The average Bonchev–Trinajstić information content (AvgIpc) is 2.91. The van der Waals surface area contributed by atoms with Gasteiger partial charge in [-0.3, -0.25) is 14.5 Å². The number of carbonyl (C=O) groups is 3. The Kier molecular flexibility index (Phi) is 7.12. The lowest BCUT2D eigenvalue weighted by Crippen LogP contribution is -2.34. The number of nitrogens with zero attached hydrogens (tertiary/aromatic N) is 1. The summed E-state index contributed by atoms with van der Waals surface area (Å²) in [5.41, 5.74) is 3.77. The predicted octanol–water partition coefficient (Wildman–Crippen LogP) is 2.87. The molecule has 150 valence electrons. The van der Waals surface area contributed by atoms with Crippen molar-refractivity contribution >= 4 is 23.3 Å². The third-order valence-electron chi connectivity index (χ3n) is 4.36. The Bertz CT molecular complexity index is 869. The number of Topliss-reactive ketones (excluding diaryl/α,β-unsaturated/α-hetero) is 1. The van der Waals surface area contributed by atoms with Gasteiger partial charge in [0.2, 0.25) is 5.91 Å². The van der Waals surface area contributed by atoms with E-state index in [0.29, 0.717) is 28.2 Å². The number of hydrogen-bond acceptors (Lipinski definition) is 5. The van der Waals surface area contributed by atoms with Gasteiger partial charge in [-0.25, -0.2) is 4.79 Å². The molecule has 0 radical (unpaired) electrons. The summed E-state index contributed by atoms with van der Waals surface area (Å²) in [6.07, 6.45) is 0. The molecule has 0 saturated carbocycles. The van der Waals surface area contributed by atoms with E-state index < -0.39 is 5.97 Å². The molecule has 0 aliphatic carbocycles. The molecule has 2 aromatic rings. The lowest BCUT2D eigenvalue weighted by atomic mass is 10.1. The number of ether oxygens (including phenoxy) is 1. The summed E-state index contributed by atoms with van der Waals surface area (Å²) in [7, 11) is 1.70. The van der Waals surface area contributed by atoms with E-state index in [4.69, 9.17) is 4.74 Å². The minimum atomic E-state index is -0.479. The van der Waals surface area contributed by atoms with Crippen molar-refractivity contribution in [2.24, 2.45) is 0 Å². The third kappa shape index (κ3) is 5.29. The second kappa shape index (κ2) is 9.32. The van der Waals surface area contributed by atoms with Gasteiger partial charge in [0.15, 0.2) is 5.78 Å². The van der Waals surface area contributed by atoms with E-state index in [1.54, 1.807) is 32.7 Å². The number of anilines is 1. The molecule has 2 N–H and O–H groups in total. The average molecular weight is 385 g/mol. The first-order valence-electron chi connectivity index (χ1n) is 9.17. The SMILES string of the molecule is CCOC(=O)c1[nH]c(C)c(C(=O)CN(C)CC(=O)Nc2ccc(C)cc2)c1C. The molecule has 0 unspecified atom stereocenters. The topological polar surface area (TPSA) is 91.5 Å². The Morgan fingerprint density at radius 3 is 2.32 bits per heavy atom. The lowest BCUT2D eigenvalue weighted by Gasteiger charge is -2.16. The molecule has 2 rings (SSSR count). The summed E-state index contributed by atoms with van der Waals surface area (Å²) in [5, 5.41) is 2.81. The second-order valence-corrected chi connectivity index (χ2v) is 6.86. The summed E-state index contributed by atoms with van der Waals surface area (Å²) in [6.45, 7) is 7.56. The maximum absolute atomic E-state index is 12.7. The molecule has 1 aromatic heterocycles. The number of H-pyrrole nitrogens is 1. The first kappa shape index (κ1) is 21.4. The molecular formula is C21H27N3O4. The van der Waals surface area contributed by atoms with Crippen molar-refractivity contribution in [3.8, 4) is 0 Å². The molecule has 0 atom stereocenters. The number of amides is 1. The van der Waals surface area contributed by atoms with Gasteiger partial charge in [0.25, 0.3) is 0 Å². The van der Waals surface area contributed by atoms with Gasteiger partial charge in [-0.2, -0.15) is 0 Å². The Morgan fingerprint density at radius 2 is 1.71 bits per heavy atom. The van der Waals surface area contributed by atoms with Gasteiger partial charge < -0.3 is 15.0 Å². The van der Waals surface area contributed by atoms with Crippen molar-refractivity contribution in [2.45, 2.75) is 27.7 Å². The van der Waals surface area contributed by atoms with Gasteiger partial charge in [-0.1, -0.05) is 17.7 Å². The molecule has 7 heteroatoms. The van der Waals surface area contributed by atoms with Crippen LogP contribution in [0.5, 0.6) is 0 Å². The highest BCUT2D eigenvalue weighted by Gasteiger charge is 2.23. The Morgan fingerprint density at radius 1 is 1.07 bits per heavy atom. The molecule has 0 saturated heterocycles. The van der Waals surface area contributed by atoms with Crippen molar-refractivity contribution in [1.29, 1.82) is 0 Å². The van der Waals surface area contributed by atoms with Crippen molar-refractivity contribution < 1.29 is 19.1 Å². The fourth-order valence-electron chi connectivity index (χ4n) is 3.04. The summed E-state index contributed by atoms with van der Waals surface area (Å²) < 4.78 is 5.01. The van der Waals surface area contributed by atoms with Crippen LogP contribution in [-0.4, -0.2) is 54.3 Å². The zero-order chi connectivity index (χ0) is 20.8. The molecule has 0 aliphatic rings. The molecule has 0 bridgehead atoms. The number of likely N-dealkylation sites (N-methyl/N-ethyl adjacent to an activating group) is 1. The quantitative estimate of drug-likeness (QED) is 0.539. The minimum Gasteiger partial charge on any atom is -0.461 e. The maximum Gasteiger partial charge on any atom is 0.355 e. The number of aromatic nitrogens is 1. The van der Waals surface area contributed by atoms with Crippen molar-refractivity contribution in [2.75, 3.05) is 32.1 Å². The van der Waals surface area contributed by atoms with Crippen LogP contribution in [-0.2, 0) is 9.53 Å². The molecular weight excluding hydrogens is 358 g/mol. The Hall–Kier alpha value is -2.93. The number of carbonyl (C=O) groups excluding carboxylic acids is 3. The number of aryl methyl sites for hydroxylation is 2. The highest BCUT2D eigenvalue weighted by molar-refractivity contribution is 6.03. The first-order valence-corrected chi connectivity index (χ1v) is 9.17. The third-order valence-corrected chi connectivity index (χ3v) is 4.36. The van der Waals surface area contributed by atoms with E-state index in [9.17, 15) is 14.4 Å². The Labute approximate surface area is 165 Å². The monoisotopic (exact) mass is 385 g/mol. The number of ketones is 1. The van der Waals surface area contributed by atoms with E-state index in [2.05, 4.69) is 10.3 Å². The largest absolute Gasteiger partial charge is 0.461 e. The van der Waals surface area contributed by atoms with Crippen LogP contribution in [0.1, 0.15) is 44.6 Å². The van der Waals surface area contributed by atoms with Crippen molar-refractivity contribution in [1.82, 2.24) is 9.88 Å². The molecule has 0 spiro atoms. The summed E-state index contributed by atoms with van der Waals surface area (Å²) in [5.74, 6) is -0.839. The summed E-state index contributed by atoms with van der Waals surface area (Å²) in [6, 6.07) is 7.51. The predicted molar refractivity (Wildman–Crippen MR) is 108 cm³/mol. The standard InChI is InChI=1S/C21H27N3O4/c1-6-28-21(27)20-14(3)19(15(4)22-20)17(25)11-24(5)12-18(26)23-16-9-7-13(2)8-10-16/h7-10,22H,6,11-12H2,1-5H3,(H,23,26). The molecule has 1 aromatic carbocycles. The van der Waals surface area contributed by atoms with Crippen LogP contribution >= 0.6 is 0 Å². The molecule has 0 aliphatic heterocycles. The smallest absolute Gasteiger partial charge is 0.355 e. The van der Waals surface area contributed by atoms with Gasteiger partial charge in [0.1, 0.15) is 5.69 Å². The van der Waals surface area contributed by atoms with Crippen LogP contribution in [0.15, 0.2) is 24.3 Å². The molecule has 1 heterocycles. The zero-order valence-electron chi connectivity index (χ0n) is 17.0. The van der Waals surface area contributed by atoms with Gasteiger partial charge in [-0.05, 0) is 52.4 Å².